The number of hydrogen-bond acceptors (Lipinski definition) is 6. The van der Waals surface area contributed by atoms with Crippen molar-refractivity contribution in [2.24, 2.45) is 5.92 Å². The van der Waals surface area contributed by atoms with Gasteiger partial charge in [0.25, 0.3) is 0 Å². The van der Waals surface area contributed by atoms with Gasteiger partial charge >= 0.3 is 12.2 Å². The minimum Gasteiger partial charge on any atom is -0.445 e. The highest BCUT2D eigenvalue weighted by Crippen LogP contribution is 2.29. The van der Waals surface area contributed by atoms with Crippen LogP contribution in [0.4, 0.5) is 9.59 Å². The molecule has 1 aromatic rings. The molecule has 0 radical (unpaired) electrons. The second kappa shape index (κ2) is 14.2. The lowest BCUT2D eigenvalue weighted by Gasteiger charge is -2.39. The van der Waals surface area contributed by atoms with Gasteiger partial charge in [-0.15, -0.1) is 0 Å². The van der Waals surface area contributed by atoms with Gasteiger partial charge in [0, 0.05) is 26.2 Å². The third-order valence-electron chi connectivity index (χ3n) is 8.10. The van der Waals surface area contributed by atoms with E-state index in [4.69, 9.17) is 14.2 Å². The van der Waals surface area contributed by atoms with Crippen molar-refractivity contribution in [1.29, 1.82) is 0 Å². The molecule has 3 fully saturated rings. The van der Waals surface area contributed by atoms with E-state index >= 15 is 0 Å². The monoisotopic (exact) mass is 557 g/mol. The largest absolute Gasteiger partial charge is 0.445 e. The lowest BCUT2D eigenvalue weighted by Crippen LogP contribution is -2.55. The lowest BCUT2D eigenvalue weighted by molar-refractivity contribution is -0.139. The van der Waals surface area contributed by atoms with Crippen LogP contribution in [0.2, 0.25) is 0 Å². The van der Waals surface area contributed by atoms with Gasteiger partial charge in [-0.25, -0.2) is 9.59 Å². The Morgan fingerprint density at radius 2 is 1.43 bits per heavy atom. The van der Waals surface area contributed by atoms with Crippen LogP contribution in [0.15, 0.2) is 30.3 Å². The third-order valence-corrected chi connectivity index (χ3v) is 8.10. The summed E-state index contributed by atoms with van der Waals surface area (Å²) < 4.78 is 17.4. The molecule has 40 heavy (non-hydrogen) atoms. The van der Waals surface area contributed by atoms with Gasteiger partial charge < -0.3 is 29.3 Å². The van der Waals surface area contributed by atoms with E-state index in [0.29, 0.717) is 26.2 Å². The highest BCUT2D eigenvalue weighted by molar-refractivity contribution is 5.86. The van der Waals surface area contributed by atoms with Crippen molar-refractivity contribution < 1.29 is 28.6 Å². The number of carbonyl (C=O) groups excluding carboxylic acids is 3. The summed E-state index contributed by atoms with van der Waals surface area (Å²) in [7, 11) is 0. The van der Waals surface area contributed by atoms with Crippen molar-refractivity contribution in [2.45, 2.75) is 109 Å². The molecule has 3 amide bonds. The Labute approximate surface area is 238 Å². The molecule has 2 saturated heterocycles. The van der Waals surface area contributed by atoms with Gasteiger partial charge in [-0.3, -0.25) is 4.79 Å². The highest BCUT2D eigenvalue weighted by Gasteiger charge is 2.37. The Bertz CT molecular complexity index is 959. The summed E-state index contributed by atoms with van der Waals surface area (Å²) in [4.78, 5) is 42.3. The zero-order valence-electron chi connectivity index (χ0n) is 24.4. The van der Waals surface area contributed by atoms with E-state index < -0.39 is 17.7 Å². The van der Waals surface area contributed by atoms with Gasteiger partial charge in [-0.05, 0) is 70.8 Å². The maximum absolute atomic E-state index is 13.6. The van der Waals surface area contributed by atoms with E-state index in [-0.39, 0.29) is 36.7 Å². The molecule has 2 heterocycles. The average Bonchev–Trinajstić information content (AvgIpc) is 2.95. The van der Waals surface area contributed by atoms with Crippen molar-refractivity contribution in [2.75, 3.05) is 26.2 Å². The molecule has 1 aromatic carbocycles. The second-order valence-corrected chi connectivity index (χ2v) is 12.4. The number of alkyl carbamates (subject to hydrolysis) is 1. The van der Waals surface area contributed by atoms with Crippen LogP contribution < -0.4 is 5.32 Å². The molecule has 1 aliphatic carbocycles. The number of likely N-dealkylation sites (tertiary alicyclic amines) is 2. The predicted molar refractivity (Wildman–Crippen MR) is 152 cm³/mol. The number of piperidine rings is 2. The van der Waals surface area contributed by atoms with Crippen LogP contribution in [0.5, 0.6) is 0 Å². The van der Waals surface area contributed by atoms with E-state index in [1.54, 1.807) is 4.90 Å². The van der Waals surface area contributed by atoms with E-state index in [0.717, 1.165) is 56.9 Å². The summed E-state index contributed by atoms with van der Waals surface area (Å²) >= 11 is 0. The van der Waals surface area contributed by atoms with Crippen LogP contribution in [-0.2, 0) is 25.6 Å². The molecule has 2 aliphatic heterocycles. The van der Waals surface area contributed by atoms with E-state index in [9.17, 15) is 14.4 Å². The zero-order valence-corrected chi connectivity index (χ0v) is 24.4. The average molecular weight is 558 g/mol. The maximum Gasteiger partial charge on any atom is 0.410 e. The minimum absolute atomic E-state index is 0.00136. The molecule has 1 N–H and O–H groups in total. The minimum atomic E-state index is -0.613. The Kier molecular flexibility index (Phi) is 10.7. The van der Waals surface area contributed by atoms with Crippen molar-refractivity contribution in [3.63, 3.8) is 0 Å². The maximum atomic E-state index is 13.6. The van der Waals surface area contributed by atoms with E-state index in [1.165, 1.54) is 6.42 Å². The number of carbonyl (C=O) groups is 3. The first-order valence-corrected chi connectivity index (χ1v) is 15.1. The number of hydrogen-bond donors (Lipinski definition) is 1. The van der Waals surface area contributed by atoms with E-state index in [1.807, 2.05) is 56.0 Å². The SMILES string of the molecule is CC(C)(C)OC(=O)N[C@@H](C(=O)N1CCC(OC2CCN(C(=O)OCc3ccccc3)CC2)CC1)C1CCCCC1. The van der Waals surface area contributed by atoms with Crippen LogP contribution >= 0.6 is 0 Å². The molecule has 9 nitrogen and oxygen atoms in total. The summed E-state index contributed by atoms with van der Waals surface area (Å²) in [6.07, 6.45) is 7.76. The van der Waals surface area contributed by atoms with Crippen LogP contribution in [0.1, 0.15) is 84.1 Å². The number of rotatable bonds is 7. The molecular formula is C31H47N3O6. The fraction of sp³-hybridized carbons (Fsp3) is 0.710. The summed E-state index contributed by atoms with van der Waals surface area (Å²) in [6.45, 7) is 8.25. The first-order chi connectivity index (χ1) is 19.2. The van der Waals surface area contributed by atoms with Crippen molar-refractivity contribution in [3.8, 4) is 0 Å². The quantitative estimate of drug-likeness (QED) is 0.491. The Hall–Kier alpha value is -2.81. The predicted octanol–water partition coefficient (Wildman–Crippen LogP) is 5.27. The summed E-state index contributed by atoms with van der Waals surface area (Å²) in [5.41, 5.74) is 0.364. The first kappa shape index (κ1) is 30.2. The first-order valence-electron chi connectivity index (χ1n) is 15.1. The van der Waals surface area contributed by atoms with Crippen LogP contribution in [0.3, 0.4) is 0 Å². The van der Waals surface area contributed by atoms with Crippen molar-refractivity contribution >= 4 is 18.1 Å². The number of nitrogens with zero attached hydrogens (tertiary/aromatic N) is 2. The third kappa shape index (κ3) is 9.11. The lowest BCUT2D eigenvalue weighted by atomic mass is 9.83. The Morgan fingerprint density at radius 3 is 2.00 bits per heavy atom. The van der Waals surface area contributed by atoms with Gasteiger partial charge in [-0.2, -0.15) is 0 Å². The molecule has 3 aliphatic rings. The molecule has 222 valence electrons. The summed E-state index contributed by atoms with van der Waals surface area (Å²) in [5, 5.41) is 2.92. The van der Waals surface area contributed by atoms with Gasteiger partial charge in [0.1, 0.15) is 18.2 Å². The molecule has 4 rings (SSSR count). The van der Waals surface area contributed by atoms with Crippen molar-refractivity contribution in [3.05, 3.63) is 35.9 Å². The molecule has 1 saturated carbocycles. The van der Waals surface area contributed by atoms with Crippen LogP contribution in [0.25, 0.3) is 0 Å². The molecule has 9 heteroatoms. The highest BCUT2D eigenvalue weighted by atomic mass is 16.6. The molecule has 0 spiro atoms. The molecule has 0 unspecified atom stereocenters. The standard InChI is InChI=1S/C31H47N3O6/c1-31(2,3)40-29(36)32-27(24-12-8-5-9-13-24)28(35)33-18-14-25(15-19-33)39-26-16-20-34(21-17-26)30(37)38-22-23-10-6-4-7-11-23/h4,6-7,10-11,24-27H,5,8-9,12-22H2,1-3H3,(H,32,36)/t27-/m1/s1. The van der Waals surface area contributed by atoms with Crippen LogP contribution in [0, 0.1) is 5.92 Å². The number of ether oxygens (including phenoxy) is 3. The van der Waals surface area contributed by atoms with Gasteiger partial charge in [0.2, 0.25) is 5.91 Å². The summed E-state index contributed by atoms with van der Waals surface area (Å²) in [5.74, 6) is 0.144. The van der Waals surface area contributed by atoms with Gasteiger partial charge in [0.05, 0.1) is 12.2 Å². The number of benzene rings is 1. The number of amides is 3. The molecule has 0 aromatic heterocycles. The van der Waals surface area contributed by atoms with Crippen LogP contribution in [-0.4, -0.2) is 77.9 Å². The van der Waals surface area contributed by atoms with Crippen molar-refractivity contribution in [1.82, 2.24) is 15.1 Å². The van der Waals surface area contributed by atoms with Gasteiger partial charge in [0.15, 0.2) is 0 Å². The fourth-order valence-electron chi connectivity index (χ4n) is 5.95. The normalized spacial score (nSPS) is 20.6. The molecule has 0 bridgehead atoms. The number of nitrogens with one attached hydrogen (secondary N) is 1. The zero-order chi connectivity index (χ0) is 28.5. The topological polar surface area (TPSA) is 97.4 Å². The van der Waals surface area contributed by atoms with Gasteiger partial charge in [-0.1, -0.05) is 49.6 Å². The smallest absolute Gasteiger partial charge is 0.410 e. The second-order valence-electron chi connectivity index (χ2n) is 12.4. The molecular weight excluding hydrogens is 510 g/mol. The summed E-state index contributed by atoms with van der Waals surface area (Å²) in [6, 6.07) is 9.15. The Morgan fingerprint density at radius 1 is 0.850 bits per heavy atom. The Balaban J connectivity index is 1.20. The van der Waals surface area contributed by atoms with E-state index in [2.05, 4.69) is 5.32 Å². The molecule has 1 atom stereocenters. The fourth-order valence-corrected chi connectivity index (χ4v) is 5.95.